The standard InChI is InChI=1S/C20H12I2N2O4/c21-15-5-1-13(2-6-15)19(25)27-23-17-9-11-18(12-10-17)24-28-20(26)14-3-7-16(22)8-4-14/h1-12H. The fourth-order valence-electron chi connectivity index (χ4n) is 2.04. The molecule has 0 atom stereocenters. The smallest absolute Gasteiger partial charge is 0.312 e. The molecule has 0 heterocycles. The van der Waals surface area contributed by atoms with Gasteiger partial charge < -0.3 is 9.68 Å². The fraction of sp³-hybridized carbons (Fsp3) is 0. The minimum atomic E-state index is -0.545. The van der Waals surface area contributed by atoms with E-state index in [0.717, 1.165) is 7.14 Å². The van der Waals surface area contributed by atoms with Gasteiger partial charge in [0.25, 0.3) is 0 Å². The SMILES string of the molecule is O=C(ON=C1C=CC(=NOC(=O)c2ccc(I)cc2)C=C1)c1ccc(I)cc1. The lowest BCUT2D eigenvalue weighted by Crippen LogP contribution is -2.07. The van der Waals surface area contributed by atoms with Crippen LogP contribution in [0.3, 0.4) is 0 Å². The molecule has 0 spiro atoms. The molecule has 0 unspecified atom stereocenters. The minimum absolute atomic E-state index is 0.415. The maximum atomic E-state index is 11.9. The molecule has 0 aromatic heterocycles. The number of nitrogens with zero attached hydrogens (tertiary/aromatic N) is 2. The molecule has 3 rings (SSSR count). The van der Waals surface area contributed by atoms with Crippen molar-refractivity contribution >= 4 is 68.5 Å². The van der Waals surface area contributed by atoms with Crippen LogP contribution in [0.4, 0.5) is 0 Å². The van der Waals surface area contributed by atoms with Gasteiger partial charge in [-0.15, -0.1) is 0 Å². The Hall–Kier alpha value is -2.34. The highest BCUT2D eigenvalue weighted by molar-refractivity contribution is 14.1. The number of oxime groups is 2. The predicted octanol–water partition coefficient (Wildman–Crippen LogP) is 4.75. The van der Waals surface area contributed by atoms with E-state index in [1.165, 1.54) is 0 Å². The van der Waals surface area contributed by atoms with E-state index in [-0.39, 0.29) is 0 Å². The van der Waals surface area contributed by atoms with E-state index >= 15 is 0 Å². The Morgan fingerprint density at radius 3 is 1.25 bits per heavy atom. The Balaban J connectivity index is 1.55. The van der Waals surface area contributed by atoms with Crippen LogP contribution in [-0.2, 0) is 9.68 Å². The van der Waals surface area contributed by atoms with Crippen molar-refractivity contribution in [2.45, 2.75) is 0 Å². The molecule has 28 heavy (non-hydrogen) atoms. The lowest BCUT2D eigenvalue weighted by molar-refractivity contribution is 0.0508. The Morgan fingerprint density at radius 2 is 0.929 bits per heavy atom. The summed E-state index contributed by atoms with van der Waals surface area (Å²) in [4.78, 5) is 33.7. The molecular weight excluding hydrogens is 586 g/mol. The molecule has 140 valence electrons. The van der Waals surface area contributed by atoms with E-state index in [1.807, 2.05) is 24.3 Å². The van der Waals surface area contributed by atoms with Crippen molar-refractivity contribution < 1.29 is 19.3 Å². The zero-order valence-electron chi connectivity index (χ0n) is 14.2. The van der Waals surface area contributed by atoms with E-state index in [2.05, 4.69) is 55.5 Å². The molecule has 0 amide bonds. The van der Waals surface area contributed by atoms with E-state index < -0.39 is 11.9 Å². The van der Waals surface area contributed by atoms with Crippen LogP contribution in [0.1, 0.15) is 20.7 Å². The van der Waals surface area contributed by atoms with Gasteiger partial charge in [-0.05, 0) is 118 Å². The number of rotatable bonds is 4. The molecule has 2 aromatic rings. The van der Waals surface area contributed by atoms with Gasteiger partial charge in [0.05, 0.1) is 11.1 Å². The van der Waals surface area contributed by atoms with Crippen molar-refractivity contribution in [2.75, 3.05) is 0 Å². The zero-order valence-corrected chi connectivity index (χ0v) is 18.5. The first kappa shape index (κ1) is 20.4. The number of hydrogen-bond acceptors (Lipinski definition) is 6. The monoisotopic (exact) mass is 598 g/mol. The van der Waals surface area contributed by atoms with Crippen molar-refractivity contribution in [3.8, 4) is 0 Å². The summed E-state index contributed by atoms with van der Waals surface area (Å²) >= 11 is 4.31. The van der Waals surface area contributed by atoms with Crippen LogP contribution in [-0.4, -0.2) is 23.4 Å². The van der Waals surface area contributed by atoms with Gasteiger partial charge in [0.15, 0.2) is 0 Å². The summed E-state index contributed by atoms with van der Waals surface area (Å²) in [5.74, 6) is -1.09. The summed E-state index contributed by atoms with van der Waals surface area (Å²) < 4.78 is 2.04. The highest BCUT2D eigenvalue weighted by Crippen LogP contribution is 2.10. The first-order valence-electron chi connectivity index (χ1n) is 7.97. The Bertz CT molecular complexity index is 908. The molecule has 0 fully saturated rings. The van der Waals surface area contributed by atoms with Gasteiger partial charge in [0.1, 0.15) is 11.4 Å². The summed E-state index contributed by atoms with van der Waals surface area (Å²) in [7, 11) is 0. The molecule has 0 bridgehead atoms. The van der Waals surface area contributed by atoms with Gasteiger partial charge in [-0.3, -0.25) is 0 Å². The van der Waals surface area contributed by atoms with Gasteiger partial charge in [0, 0.05) is 7.14 Å². The summed E-state index contributed by atoms with van der Waals surface area (Å²) in [6.45, 7) is 0. The average Bonchev–Trinajstić information content (AvgIpc) is 2.72. The predicted molar refractivity (Wildman–Crippen MR) is 122 cm³/mol. The third kappa shape index (κ3) is 5.83. The molecule has 0 saturated heterocycles. The summed E-state index contributed by atoms with van der Waals surface area (Å²) in [6.07, 6.45) is 6.38. The van der Waals surface area contributed by atoms with E-state index in [4.69, 9.17) is 9.68 Å². The van der Waals surface area contributed by atoms with Gasteiger partial charge in [-0.2, -0.15) is 0 Å². The molecular formula is C20H12I2N2O4. The first-order valence-corrected chi connectivity index (χ1v) is 10.1. The van der Waals surface area contributed by atoms with Crippen molar-refractivity contribution in [1.29, 1.82) is 0 Å². The van der Waals surface area contributed by atoms with Gasteiger partial charge in [-0.25, -0.2) is 9.59 Å². The third-order valence-electron chi connectivity index (χ3n) is 3.48. The number of carbonyl (C=O) groups excluding carboxylic acids is 2. The number of hydrogen-bond donors (Lipinski definition) is 0. The van der Waals surface area contributed by atoms with Crippen LogP contribution in [0.5, 0.6) is 0 Å². The Morgan fingerprint density at radius 1 is 0.607 bits per heavy atom. The normalized spacial score (nSPS) is 12.5. The summed E-state index contributed by atoms with van der Waals surface area (Å²) in [5, 5.41) is 7.59. The van der Waals surface area contributed by atoms with Crippen molar-refractivity contribution in [2.24, 2.45) is 10.3 Å². The quantitative estimate of drug-likeness (QED) is 0.221. The van der Waals surface area contributed by atoms with Crippen LogP contribution in [0.25, 0.3) is 0 Å². The second-order valence-corrected chi connectivity index (χ2v) is 7.96. The van der Waals surface area contributed by atoms with Crippen LogP contribution >= 0.6 is 45.2 Å². The van der Waals surface area contributed by atoms with E-state index in [1.54, 1.807) is 48.6 Å². The first-order chi connectivity index (χ1) is 13.5. The average molecular weight is 598 g/mol. The molecule has 1 aliphatic carbocycles. The fourth-order valence-corrected chi connectivity index (χ4v) is 2.76. The van der Waals surface area contributed by atoms with Gasteiger partial charge in [0.2, 0.25) is 0 Å². The second-order valence-electron chi connectivity index (χ2n) is 5.47. The van der Waals surface area contributed by atoms with Gasteiger partial charge >= 0.3 is 11.9 Å². The van der Waals surface area contributed by atoms with Crippen molar-refractivity contribution in [3.63, 3.8) is 0 Å². The highest BCUT2D eigenvalue weighted by Gasteiger charge is 2.09. The maximum Gasteiger partial charge on any atom is 0.365 e. The zero-order chi connectivity index (χ0) is 19.9. The summed E-state index contributed by atoms with van der Waals surface area (Å²) in [5.41, 5.74) is 1.69. The highest BCUT2D eigenvalue weighted by atomic mass is 127. The number of benzene rings is 2. The minimum Gasteiger partial charge on any atom is -0.312 e. The number of allylic oxidation sites excluding steroid dienone is 4. The van der Waals surface area contributed by atoms with Crippen LogP contribution < -0.4 is 0 Å². The van der Waals surface area contributed by atoms with Crippen LogP contribution in [0, 0.1) is 7.14 Å². The lowest BCUT2D eigenvalue weighted by Gasteiger charge is -2.03. The Kier molecular flexibility index (Phi) is 7.09. The lowest BCUT2D eigenvalue weighted by atomic mass is 10.1. The molecule has 0 aliphatic heterocycles. The van der Waals surface area contributed by atoms with Crippen molar-refractivity contribution in [3.05, 3.63) is 91.1 Å². The topological polar surface area (TPSA) is 77.3 Å². The number of halogens is 2. The molecule has 0 N–H and O–H groups in total. The van der Waals surface area contributed by atoms with E-state index in [0.29, 0.717) is 22.6 Å². The molecule has 8 heteroatoms. The molecule has 1 aliphatic rings. The Labute approximate surface area is 188 Å². The second kappa shape index (κ2) is 9.73. The van der Waals surface area contributed by atoms with E-state index in [9.17, 15) is 9.59 Å². The molecule has 0 saturated carbocycles. The molecule has 6 nitrogen and oxygen atoms in total. The maximum absolute atomic E-state index is 11.9. The largest absolute Gasteiger partial charge is 0.365 e. The third-order valence-corrected chi connectivity index (χ3v) is 4.92. The van der Waals surface area contributed by atoms with Gasteiger partial charge in [-0.1, -0.05) is 10.3 Å². The van der Waals surface area contributed by atoms with Crippen molar-refractivity contribution in [1.82, 2.24) is 0 Å². The molecule has 0 radical (unpaired) electrons. The number of carbonyl (C=O) groups is 2. The molecule has 2 aromatic carbocycles. The summed E-state index contributed by atoms with van der Waals surface area (Å²) in [6, 6.07) is 13.9. The van der Waals surface area contributed by atoms with Crippen LogP contribution in [0.15, 0.2) is 83.1 Å². The van der Waals surface area contributed by atoms with Crippen LogP contribution in [0.2, 0.25) is 0 Å².